The van der Waals surface area contributed by atoms with Crippen LogP contribution in [0.3, 0.4) is 0 Å². The van der Waals surface area contributed by atoms with Crippen molar-refractivity contribution in [2.45, 2.75) is 64.0 Å². The Morgan fingerprint density at radius 1 is 1.41 bits per heavy atom. The second-order valence-corrected chi connectivity index (χ2v) is 5.15. The van der Waals surface area contributed by atoms with E-state index in [1.807, 2.05) is 6.92 Å². The maximum atomic E-state index is 11.9. The average molecular weight is 242 g/mol. The van der Waals surface area contributed by atoms with Gasteiger partial charge >= 0.3 is 0 Å². The second-order valence-electron chi connectivity index (χ2n) is 5.15. The van der Waals surface area contributed by atoms with Gasteiger partial charge < -0.3 is 16.2 Å². The third kappa shape index (κ3) is 5.04. The normalized spacial score (nSPS) is 27.2. The first kappa shape index (κ1) is 14.5. The molecule has 3 atom stereocenters. The van der Waals surface area contributed by atoms with Crippen LogP contribution in [-0.4, -0.2) is 29.7 Å². The molecule has 0 aromatic carbocycles. The molecule has 0 bridgehead atoms. The molecule has 4 nitrogen and oxygen atoms in total. The number of amides is 1. The lowest BCUT2D eigenvalue weighted by atomic mass is 10.0. The third-order valence-corrected chi connectivity index (χ3v) is 3.60. The van der Waals surface area contributed by atoms with E-state index in [4.69, 9.17) is 5.73 Å². The molecule has 0 aromatic rings. The lowest BCUT2D eigenvalue weighted by Gasteiger charge is -2.23. The fourth-order valence-corrected chi connectivity index (χ4v) is 2.34. The van der Waals surface area contributed by atoms with Crippen LogP contribution in [-0.2, 0) is 4.79 Å². The molecule has 3 unspecified atom stereocenters. The molecule has 1 fully saturated rings. The summed E-state index contributed by atoms with van der Waals surface area (Å²) in [5.74, 6) is 0.0541. The van der Waals surface area contributed by atoms with Crippen molar-refractivity contribution in [1.29, 1.82) is 0 Å². The van der Waals surface area contributed by atoms with Crippen LogP contribution in [0.15, 0.2) is 0 Å². The highest BCUT2D eigenvalue weighted by Gasteiger charge is 2.24. The number of nitrogens with two attached hydrogens (primary N) is 1. The van der Waals surface area contributed by atoms with Crippen LogP contribution in [0.4, 0.5) is 0 Å². The molecule has 1 rings (SSSR count). The summed E-state index contributed by atoms with van der Waals surface area (Å²) in [5.41, 5.74) is 5.43. The van der Waals surface area contributed by atoms with Crippen molar-refractivity contribution in [3.8, 4) is 0 Å². The Kier molecular flexibility index (Phi) is 6.52. The molecule has 4 heteroatoms. The average Bonchev–Trinajstić information content (AvgIpc) is 2.52. The zero-order chi connectivity index (χ0) is 12.7. The number of aliphatic hydroxyl groups excluding tert-OH is 1. The molecule has 0 saturated heterocycles. The summed E-state index contributed by atoms with van der Waals surface area (Å²) in [6.45, 7) is 2.55. The number of nitrogens with one attached hydrogen (secondary N) is 1. The van der Waals surface area contributed by atoms with E-state index in [1.165, 1.54) is 0 Å². The highest BCUT2D eigenvalue weighted by Crippen LogP contribution is 2.18. The summed E-state index contributed by atoms with van der Waals surface area (Å²) in [6.07, 6.45) is 6.36. The van der Waals surface area contributed by atoms with E-state index in [0.29, 0.717) is 6.54 Å². The topological polar surface area (TPSA) is 75.4 Å². The van der Waals surface area contributed by atoms with Gasteiger partial charge in [0.05, 0.1) is 12.1 Å². The molecular formula is C13H26N2O2. The minimum absolute atomic E-state index is 0.00555. The third-order valence-electron chi connectivity index (χ3n) is 3.60. The number of carbonyl (C=O) groups is 1. The van der Waals surface area contributed by atoms with Gasteiger partial charge in [0.1, 0.15) is 0 Å². The molecule has 0 aromatic heterocycles. The predicted molar refractivity (Wildman–Crippen MR) is 68.5 cm³/mol. The maximum Gasteiger partial charge on any atom is 0.223 e. The molecule has 0 spiro atoms. The molecule has 4 N–H and O–H groups in total. The Bertz CT molecular complexity index is 233. The summed E-state index contributed by atoms with van der Waals surface area (Å²) in [6, 6.07) is -0.0506. The molecule has 1 amide bonds. The first-order chi connectivity index (χ1) is 8.15. The van der Waals surface area contributed by atoms with Gasteiger partial charge in [-0.15, -0.1) is 0 Å². The molecular weight excluding hydrogens is 216 g/mol. The number of rotatable bonds is 5. The van der Waals surface area contributed by atoms with Crippen molar-refractivity contribution in [3.05, 3.63) is 0 Å². The monoisotopic (exact) mass is 242 g/mol. The van der Waals surface area contributed by atoms with Crippen molar-refractivity contribution < 1.29 is 9.90 Å². The SMILES string of the molecule is CC(CCCN)C(=O)NC1CCCCCC1O. The number of hydrogen-bond acceptors (Lipinski definition) is 3. The molecule has 100 valence electrons. The molecule has 0 radical (unpaired) electrons. The molecule has 0 aliphatic heterocycles. The van der Waals surface area contributed by atoms with Crippen LogP contribution in [0.1, 0.15) is 51.9 Å². The lowest BCUT2D eigenvalue weighted by molar-refractivity contribution is -0.126. The van der Waals surface area contributed by atoms with Gasteiger partial charge in [-0.1, -0.05) is 26.2 Å². The largest absolute Gasteiger partial charge is 0.391 e. The second kappa shape index (κ2) is 7.67. The van der Waals surface area contributed by atoms with Gasteiger partial charge in [-0.3, -0.25) is 4.79 Å². The van der Waals surface area contributed by atoms with E-state index in [1.54, 1.807) is 0 Å². The van der Waals surface area contributed by atoms with Crippen LogP contribution in [0.2, 0.25) is 0 Å². The minimum atomic E-state index is -0.372. The van der Waals surface area contributed by atoms with Crippen molar-refractivity contribution in [3.63, 3.8) is 0 Å². The van der Waals surface area contributed by atoms with Gasteiger partial charge in [-0.05, 0) is 32.2 Å². The first-order valence-corrected chi connectivity index (χ1v) is 6.83. The Morgan fingerprint density at radius 3 is 2.82 bits per heavy atom. The van der Waals surface area contributed by atoms with E-state index in [0.717, 1.165) is 44.9 Å². The minimum Gasteiger partial charge on any atom is -0.391 e. The Morgan fingerprint density at radius 2 is 2.12 bits per heavy atom. The van der Waals surface area contributed by atoms with E-state index in [-0.39, 0.29) is 24.0 Å². The van der Waals surface area contributed by atoms with Gasteiger partial charge in [-0.25, -0.2) is 0 Å². The van der Waals surface area contributed by atoms with Gasteiger partial charge in [0.15, 0.2) is 0 Å². The predicted octanol–water partition coefficient (Wildman–Crippen LogP) is 1.17. The van der Waals surface area contributed by atoms with E-state index in [9.17, 15) is 9.90 Å². The summed E-state index contributed by atoms with van der Waals surface area (Å²) in [4.78, 5) is 11.9. The molecule has 1 aliphatic rings. The van der Waals surface area contributed by atoms with Crippen LogP contribution in [0, 0.1) is 5.92 Å². The summed E-state index contributed by atoms with van der Waals surface area (Å²) >= 11 is 0. The zero-order valence-electron chi connectivity index (χ0n) is 10.8. The number of aliphatic hydroxyl groups is 1. The Hall–Kier alpha value is -0.610. The van der Waals surface area contributed by atoms with Crippen LogP contribution in [0.25, 0.3) is 0 Å². The van der Waals surface area contributed by atoms with Gasteiger partial charge in [0.2, 0.25) is 5.91 Å². The Labute approximate surface area is 104 Å². The van der Waals surface area contributed by atoms with Gasteiger partial charge in [0, 0.05) is 5.92 Å². The van der Waals surface area contributed by atoms with Crippen LogP contribution < -0.4 is 11.1 Å². The lowest BCUT2D eigenvalue weighted by Crippen LogP contribution is -2.44. The summed E-state index contributed by atoms with van der Waals surface area (Å²) in [7, 11) is 0. The maximum absolute atomic E-state index is 11.9. The number of carbonyl (C=O) groups excluding carboxylic acids is 1. The highest BCUT2D eigenvalue weighted by molar-refractivity contribution is 5.78. The fourth-order valence-electron chi connectivity index (χ4n) is 2.34. The zero-order valence-corrected chi connectivity index (χ0v) is 10.8. The van der Waals surface area contributed by atoms with Crippen molar-refractivity contribution >= 4 is 5.91 Å². The smallest absolute Gasteiger partial charge is 0.223 e. The van der Waals surface area contributed by atoms with E-state index >= 15 is 0 Å². The molecule has 0 heterocycles. The van der Waals surface area contributed by atoms with Crippen LogP contribution in [0.5, 0.6) is 0 Å². The van der Waals surface area contributed by atoms with E-state index in [2.05, 4.69) is 5.32 Å². The van der Waals surface area contributed by atoms with Crippen molar-refractivity contribution in [2.24, 2.45) is 11.7 Å². The molecule has 1 aliphatic carbocycles. The fraction of sp³-hybridized carbons (Fsp3) is 0.923. The standard InChI is InChI=1S/C13H26N2O2/c1-10(6-5-9-14)13(17)15-11-7-3-2-4-8-12(11)16/h10-12,16H,2-9,14H2,1H3,(H,15,17). The van der Waals surface area contributed by atoms with E-state index < -0.39 is 0 Å². The van der Waals surface area contributed by atoms with Gasteiger partial charge in [0.25, 0.3) is 0 Å². The highest BCUT2D eigenvalue weighted by atomic mass is 16.3. The van der Waals surface area contributed by atoms with Crippen molar-refractivity contribution in [1.82, 2.24) is 5.32 Å². The van der Waals surface area contributed by atoms with Gasteiger partial charge in [-0.2, -0.15) is 0 Å². The first-order valence-electron chi connectivity index (χ1n) is 6.83. The molecule has 17 heavy (non-hydrogen) atoms. The van der Waals surface area contributed by atoms with Crippen molar-refractivity contribution in [2.75, 3.05) is 6.54 Å². The van der Waals surface area contributed by atoms with Crippen LogP contribution >= 0.6 is 0 Å². The summed E-state index contributed by atoms with van der Waals surface area (Å²) < 4.78 is 0. The quantitative estimate of drug-likeness (QED) is 0.633. The Balaban J connectivity index is 2.37. The summed E-state index contributed by atoms with van der Waals surface area (Å²) in [5, 5.41) is 12.9. The number of hydrogen-bond donors (Lipinski definition) is 3. The molecule has 1 saturated carbocycles.